The molecule has 0 saturated carbocycles. The number of hydrogen-bond donors (Lipinski definition) is 2. The summed E-state index contributed by atoms with van der Waals surface area (Å²) in [5, 5.41) is 11.3. The molecule has 0 saturated heterocycles. The minimum absolute atomic E-state index is 0.0785. The molecule has 5 heteroatoms. The van der Waals surface area contributed by atoms with Crippen LogP contribution in [0, 0.1) is 13.8 Å². The van der Waals surface area contributed by atoms with Crippen LogP contribution in [0.1, 0.15) is 29.5 Å². The van der Waals surface area contributed by atoms with Gasteiger partial charge in [0.05, 0.1) is 0 Å². The van der Waals surface area contributed by atoms with E-state index in [9.17, 15) is 9.59 Å². The molecular formula is C15H20N2O3. The zero-order valence-corrected chi connectivity index (χ0v) is 11.9. The van der Waals surface area contributed by atoms with Gasteiger partial charge in [-0.2, -0.15) is 0 Å². The number of anilines is 1. The molecule has 1 aromatic rings. The summed E-state index contributed by atoms with van der Waals surface area (Å²) >= 11 is 0. The van der Waals surface area contributed by atoms with Gasteiger partial charge in [-0.15, -0.1) is 0 Å². The summed E-state index contributed by atoms with van der Waals surface area (Å²) in [6.45, 7) is 5.19. The van der Waals surface area contributed by atoms with Gasteiger partial charge in [-0.25, -0.2) is 4.79 Å². The van der Waals surface area contributed by atoms with E-state index in [4.69, 9.17) is 5.11 Å². The zero-order chi connectivity index (χ0) is 14.7. The van der Waals surface area contributed by atoms with Crippen molar-refractivity contribution in [3.05, 3.63) is 28.8 Å². The van der Waals surface area contributed by atoms with E-state index in [2.05, 4.69) is 24.4 Å². The smallest absolute Gasteiger partial charge is 0.321 e. The number of amides is 2. The minimum Gasteiger partial charge on any atom is -0.481 e. The van der Waals surface area contributed by atoms with E-state index in [1.807, 2.05) is 6.92 Å². The number of fused-ring (bicyclic) bond motifs is 1. The minimum atomic E-state index is -0.836. The van der Waals surface area contributed by atoms with Crippen molar-refractivity contribution in [2.75, 3.05) is 18.0 Å². The van der Waals surface area contributed by atoms with Gasteiger partial charge in [-0.05, 0) is 49.4 Å². The Morgan fingerprint density at radius 3 is 2.70 bits per heavy atom. The fourth-order valence-electron chi connectivity index (χ4n) is 2.41. The lowest BCUT2D eigenvalue weighted by molar-refractivity contribution is -0.137. The number of hydrogen-bond acceptors (Lipinski definition) is 2. The highest BCUT2D eigenvalue weighted by Gasteiger charge is 2.24. The Kier molecular flexibility index (Phi) is 4.27. The molecule has 0 aromatic heterocycles. The molecule has 1 aliphatic rings. The molecule has 5 nitrogen and oxygen atoms in total. The third-order valence-corrected chi connectivity index (χ3v) is 3.68. The second-order valence-corrected chi connectivity index (χ2v) is 5.20. The van der Waals surface area contributed by atoms with Crippen LogP contribution in [0.3, 0.4) is 0 Å². The predicted molar refractivity (Wildman–Crippen MR) is 77.2 cm³/mol. The zero-order valence-electron chi connectivity index (χ0n) is 11.9. The summed E-state index contributed by atoms with van der Waals surface area (Å²) in [4.78, 5) is 24.3. The first-order valence-corrected chi connectivity index (χ1v) is 6.86. The average Bonchev–Trinajstić information content (AvgIpc) is 2.77. The van der Waals surface area contributed by atoms with Gasteiger partial charge in [-0.1, -0.05) is 6.07 Å². The van der Waals surface area contributed by atoms with Crippen LogP contribution < -0.4 is 10.2 Å². The number of nitrogens with zero attached hydrogens (tertiary/aromatic N) is 1. The lowest BCUT2D eigenvalue weighted by atomic mass is 10.0. The molecule has 1 aromatic carbocycles. The van der Waals surface area contributed by atoms with E-state index >= 15 is 0 Å². The summed E-state index contributed by atoms with van der Waals surface area (Å²) in [5.74, 6) is -0.836. The van der Waals surface area contributed by atoms with E-state index in [1.54, 1.807) is 4.90 Å². The Morgan fingerprint density at radius 2 is 2.00 bits per heavy atom. The fourth-order valence-corrected chi connectivity index (χ4v) is 2.41. The van der Waals surface area contributed by atoms with E-state index in [1.165, 1.54) is 16.7 Å². The maximum atomic E-state index is 12.1. The number of carbonyl (C=O) groups excluding carboxylic acids is 1. The van der Waals surface area contributed by atoms with Crippen molar-refractivity contribution in [1.29, 1.82) is 0 Å². The van der Waals surface area contributed by atoms with Crippen molar-refractivity contribution in [2.45, 2.75) is 33.1 Å². The van der Waals surface area contributed by atoms with Crippen molar-refractivity contribution in [2.24, 2.45) is 0 Å². The highest BCUT2D eigenvalue weighted by atomic mass is 16.4. The largest absolute Gasteiger partial charge is 0.481 e. The molecule has 0 aliphatic carbocycles. The number of nitrogens with one attached hydrogen (secondary N) is 1. The van der Waals surface area contributed by atoms with Crippen LogP contribution in [0.2, 0.25) is 0 Å². The van der Waals surface area contributed by atoms with Gasteiger partial charge in [-0.3, -0.25) is 9.69 Å². The molecule has 0 radical (unpaired) electrons. The first-order valence-electron chi connectivity index (χ1n) is 6.86. The van der Waals surface area contributed by atoms with Gasteiger partial charge in [0.25, 0.3) is 0 Å². The first kappa shape index (κ1) is 14.4. The number of aryl methyl sites for hydroxylation is 2. The Labute approximate surface area is 118 Å². The number of carboxylic acids is 1. The quantitative estimate of drug-likeness (QED) is 0.829. The predicted octanol–water partition coefficient (Wildman–Crippen LogP) is 2.24. The molecule has 108 valence electrons. The summed E-state index contributed by atoms with van der Waals surface area (Å²) in [6.07, 6.45) is 1.41. The van der Waals surface area contributed by atoms with Crippen LogP contribution in [0.15, 0.2) is 12.1 Å². The van der Waals surface area contributed by atoms with Gasteiger partial charge in [0.15, 0.2) is 0 Å². The van der Waals surface area contributed by atoms with Crippen molar-refractivity contribution in [3.8, 4) is 0 Å². The van der Waals surface area contributed by atoms with Crippen molar-refractivity contribution in [1.82, 2.24) is 5.32 Å². The van der Waals surface area contributed by atoms with Gasteiger partial charge >= 0.3 is 12.0 Å². The molecule has 1 heterocycles. The van der Waals surface area contributed by atoms with E-state index < -0.39 is 5.97 Å². The first-order chi connectivity index (χ1) is 9.49. The molecule has 2 amide bonds. The highest BCUT2D eigenvalue weighted by Crippen LogP contribution is 2.30. The Balaban J connectivity index is 1.97. The van der Waals surface area contributed by atoms with Gasteiger partial charge in [0.2, 0.25) is 0 Å². The molecule has 1 aliphatic heterocycles. The van der Waals surface area contributed by atoms with E-state index in [0.29, 0.717) is 19.5 Å². The lowest BCUT2D eigenvalue weighted by Crippen LogP contribution is -2.39. The molecule has 0 unspecified atom stereocenters. The maximum absolute atomic E-state index is 12.1. The van der Waals surface area contributed by atoms with Crippen LogP contribution in [-0.4, -0.2) is 30.2 Å². The lowest BCUT2D eigenvalue weighted by Gasteiger charge is -2.19. The van der Waals surface area contributed by atoms with Gasteiger partial charge in [0, 0.05) is 25.2 Å². The van der Waals surface area contributed by atoms with Gasteiger partial charge in [0.1, 0.15) is 0 Å². The summed E-state index contributed by atoms with van der Waals surface area (Å²) in [7, 11) is 0. The highest BCUT2D eigenvalue weighted by molar-refractivity contribution is 5.94. The van der Waals surface area contributed by atoms with Crippen LogP contribution in [-0.2, 0) is 11.2 Å². The number of rotatable bonds is 4. The third-order valence-electron chi connectivity index (χ3n) is 3.68. The second-order valence-electron chi connectivity index (χ2n) is 5.20. The molecular weight excluding hydrogens is 256 g/mol. The monoisotopic (exact) mass is 276 g/mol. The van der Waals surface area contributed by atoms with Crippen molar-refractivity contribution < 1.29 is 14.7 Å². The Morgan fingerprint density at radius 1 is 1.30 bits per heavy atom. The van der Waals surface area contributed by atoms with Crippen LogP contribution in [0.4, 0.5) is 10.5 Å². The number of aliphatic carboxylic acids is 1. The van der Waals surface area contributed by atoms with E-state index in [0.717, 1.165) is 12.1 Å². The van der Waals surface area contributed by atoms with Crippen molar-refractivity contribution in [3.63, 3.8) is 0 Å². The fraction of sp³-hybridized carbons (Fsp3) is 0.467. The van der Waals surface area contributed by atoms with Crippen LogP contribution in [0.25, 0.3) is 0 Å². The molecule has 0 fully saturated rings. The molecule has 0 bridgehead atoms. The summed E-state index contributed by atoms with van der Waals surface area (Å²) < 4.78 is 0. The van der Waals surface area contributed by atoms with Gasteiger partial charge < -0.3 is 10.4 Å². The number of carboxylic acid groups (broad SMARTS) is 1. The SMILES string of the molecule is Cc1cc2c(cc1C)N(C(=O)NCCCC(=O)O)CC2. The van der Waals surface area contributed by atoms with E-state index in [-0.39, 0.29) is 12.5 Å². The number of carbonyl (C=O) groups is 2. The Hall–Kier alpha value is -2.04. The summed E-state index contributed by atoms with van der Waals surface area (Å²) in [6, 6.07) is 4.05. The maximum Gasteiger partial charge on any atom is 0.321 e. The number of urea groups is 1. The Bertz CT molecular complexity index is 540. The molecule has 2 N–H and O–H groups in total. The van der Waals surface area contributed by atoms with Crippen LogP contribution in [0.5, 0.6) is 0 Å². The topological polar surface area (TPSA) is 69.6 Å². The number of benzene rings is 1. The second kappa shape index (κ2) is 5.94. The normalized spacial score (nSPS) is 13.2. The van der Waals surface area contributed by atoms with Crippen LogP contribution >= 0.6 is 0 Å². The van der Waals surface area contributed by atoms with Crippen molar-refractivity contribution >= 4 is 17.7 Å². The third kappa shape index (κ3) is 3.10. The molecule has 2 rings (SSSR count). The average molecular weight is 276 g/mol. The molecule has 20 heavy (non-hydrogen) atoms. The standard InChI is InChI=1S/C15H20N2O3/c1-10-8-12-5-7-17(13(12)9-11(10)2)15(20)16-6-3-4-14(18)19/h8-9H,3-7H2,1-2H3,(H,16,20)(H,18,19). The summed E-state index contributed by atoms with van der Waals surface area (Å²) in [5.41, 5.74) is 4.60. The molecule has 0 spiro atoms. The molecule has 0 atom stereocenters.